The maximum absolute atomic E-state index is 12.1. The molecule has 2 aromatic rings. The van der Waals surface area contributed by atoms with E-state index < -0.39 is 5.91 Å². The molecule has 2 N–H and O–H groups in total. The Morgan fingerprint density at radius 3 is 2.68 bits per heavy atom. The zero-order valence-electron chi connectivity index (χ0n) is 10.2. The van der Waals surface area contributed by atoms with E-state index in [9.17, 15) is 9.90 Å². The second-order valence-electron chi connectivity index (χ2n) is 3.82. The number of benzene rings is 2. The second-order valence-corrected chi connectivity index (χ2v) is 4.67. The van der Waals surface area contributed by atoms with Crippen LogP contribution in [0.4, 0.5) is 5.69 Å². The van der Waals surface area contributed by atoms with Gasteiger partial charge in [-0.05, 0) is 46.3 Å². The predicted molar refractivity (Wildman–Crippen MR) is 76.8 cm³/mol. The van der Waals surface area contributed by atoms with E-state index in [1.165, 1.54) is 19.2 Å². The lowest BCUT2D eigenvalue weighted by atomic mass is 10.1. The van der Waals surface area contributed by atoms with E-state index in [0.29, 0.717) is 11.4 Å². The van der Waals surface area contributed by atoms with Crippen LogP contribution < -0.4 is 10.1 Å². The van der Waals surface area contributed by atoms with Gasteiger partial charge in [0.05, 0.1) is 18.4 Å². The molecule has 0 saturated heterocycles. The number of halogens is 1. The van der Waals surface area contributed by atoms with Crippen molar-refractivity contribution in [2.75, 3.05) is 12.4 Å². The lowest BCUT2D eigenvalue weighted by Gasteiger charge is -2.09. The van der Waals surface area contributed by atoms with E-state index in [1.807, 2.05) is 18.2 Å². The lowest BCUT2D eigenvalue weighted by Crippen LogP contribution is -2.12. The Bertz CT molecular complexity index is 613. The normalized spacial score (nSPS) is 10.0. The monoisotopic (exact) mass is 321 g/mol. The Balaban J connectivity index is 2.28. The SMILES string of the molecule is COc1ccc(O)c(C(=O)Nc2ccccc2Br)c1. The summed E-state index contributed by atoms with van der Waals surface area (Å²) in [5, 5.41) is 12.4. The minimum Gasteiger partial charge on any atom is -0.507 e. The number of hydrogen-bond acceptors (Lipinski definition) is 3. The number of methoxy groups -OCH3 is 1. The van der Waals surface area contributed by atoms with Crippen LogP contribution in [-0.4, -0.2) is 18.1 Å². The third-order valence-electron chi connectivity index (χ3n) is 2.57. The average molecular weight is 322 g/mol. The minimum atomic E-state index is -0.400. The average Bonchev–Trinajstić information content (AvgIpc) is 2.42. The van der Waals surface area contributed by atoms with Crippen LogP contribution in [0, 0.1) is 0 Å². The number of amides is 1. The molecule has 0 aromatic heterocycles. The number of nitrogens with one attached hydrogen (secondary N) is 1. The van der Waals surface area contributed by atoms with Gasteiger partial charge in [0.1, 0.15) is 11.5 Å². The Hall–Kier alpha value is -2.01. The van der Waals surface area contributed by atoms with Crippen LogP contribution in [-0.2, 0) is 0 Å². The number of phenols is 1. The summed E-state index contributed by atoms with van der Waals surface area (Å²) in [6.45, 7) is 0. The molecule has 0 aliphatic carbocycles. The molecule has 1 amide bonds. The van der Waals surface area contributed by atoms with Crippen LogP contribution in [0.1, 0.15) is 10.4 Å². The molecule has 2 rings (SSSR count). The van der Waals surface area contributed by atoms with E-state index in [0.717, 1.165) is 4.47 Å². The van der Waals surface area contributed by atoms with Crippen LogP contribution in [0.25, 0.3) is 0 Å². The summed E-state index contributed by atoms with van der Waals surface area (Å²) < 4.78 is 5.80. The molecule has 2 aromatic carbocycles. The quantitative estimate of drug-likeness (QED) is 0.910. The van der Waals surface area contributed by atoms with Gasteiger partial charge < -0.3 is 15.2 Å². The van der Waals surface area contributed by atoms with Crippen molar-refractivity contribution in [3.63, 3.8) is 0 Å². The van der Waals surface area contributed by atoms with Crippen LogP contribution in [0.5, 0.6) is 11.5 Å². The number of ether oxygens (including phenoxy) is 1. The molecule has 0 radical (unpaired) electrons. The molecule has 0 spiro atoms. The van der Waals surface area contributed by atoms with Gasteiger partial charge in [-0.3, -0.25) is 4.79 Å². The fraction of sp³-hybridized carbons (Fsp3) is 0.0714. The van der Waals surface area contributed by atoms with Crippen molar-refractivity contribution in [3.05, 3.63) is 52.5 Å². The largest absolute Gasteiger partial charge is 0.507 e. The third kappa shape index (κ3) is 3.06. The Morgan fingerprint density at radius 1 is 1.26 bits per heavy atom. The van der Waals surface area contributed by atoms with Crippen molar-refractivity contribution in [1.29, 1.82) is 0 Å². The number of aromatic hydroxyl groups is 1. The van der Waals surface area contributed by atoms with Crippen LogP contribution in [0.2, 0.25) is 0 Å². The van der Waals surface area contributed by atoms with Gasteiger partial charge in [-0.25, -0.2) is 0 Å². The van der Waals surface area contributed by atoms with Crippen LogP contribution in [0.3, 0.4) is 0 Å². The van der Waals surface area contributed by atoms with E-state index in [-0.39, 0.29) is 11.3 Å². The first-order chi connectivity index (χ1) is 9.11. The Kier molecular flexibility index (Phi) is 4.06. The van der Waals surface area contributed by atoms with Gasteiger partial charge in [0.25, 0.3) is 5.91 Å². The summed E-state index contributed by atoms with van der Waals surface area (Å²) in [4.78, 5) is 12.1. The number of phenolic OH excluding ortho intramolecular Hbond substituents is 1. The predicted octanol–water partition coefficient (Wildman–Crippen LogP) is 3.42. The number of anilines is 1. The molecular weight excluding hydrogens is 310 g/mol. The highest BCUT2D eigenvalue weighted by Gasteiger charge is 2.13. The Labute approximate surface area is 119 Å². The first-order valence-corrected chi connectivity index (χ1v) is 6.34. The van der Waals surface area contributed by atoms with Gasteiger partial charge >= 0.3 is 0 Å². The summed E-state index contributed by atoms with van der Waals surface area (Å²) in [5.74, 6) is 0.0173. The summed E-state index contributed by atoms with van der Waals surface area (Å²) in [6, 6.07) is 11.7. The summed E-state index contributed by atoms with van der Waals surface area (Å²) in [7, 11) is 1.50. The van der Waals surface area contributed by atoms with Crippen LogP contribution >= 0.6 is 15.9 Å². The Morgan fingerprint density at radius 2 is 2.00 bits per heavy atom. The van der Waals surface area contributed by atoms with Crippen molar-refractivity contribution in [2.24, 2.45) is 0 Å². The number of carbonyl (C=O) groups excluding carboxylic acids is 1. The molecule has 0 atom stereocenters. The summed E-state index contributed by atoms with van der Waals surface area (Å²) in [5.41, 5.74) is 0.796. The van der Waals surface area contributed by atoms with E-state index in [2.05, 4.69) is 21.2 Å². The number of carbonyl (C=O) groups is 1. The fourth-order valence-corrected chi connectivity index (χ4v) is 1.96. The zero-order valence-corrected chi connectivity index (χ0v) is 11.8. The molecule has 19 heavy (non-hydrogen) atoms. The molecule has 0 saturated carbocycles. The molecule has 5 heteroatoms. The molecule has 0 fully saturated rings. The van der Waals surface area contributed by atoms with Gasteiger partial charge in [-0.2, -0.15) is 0 Å². The van der Waals surface area contributed by atoms with Gasteiger partial charge in [-0.15, -0.1) is 0 Å². The molecule has 0 aliphatic rings. The molecule has 0 aliphatic heterocycles. The summed E-state index contributed by atoms with van der Waals surface area (Å²) in [6.07, 6.45) is 0. The van der Waals surface area contributed by atoms with Crippen molar-refractivity contribution in [2.45, 2.75) is 0 Å². The molecule has 0 unspecified atom stereocenters. The first kappa shape index (κ1) is 13.4. The number of hydrogen-bond donors (Lipinski definition) is 2. The molecular formula is C14H12BrNO3. The standard InChI is InChI=1S/C14H12BrNO3/c1-19-9-6-7-13(17)10(8-9)14(18)16-12-5-3-2-4-11(12)15/h2-8,17H,1H3,(H,16,18). The van der Waals surface area contributed by atoms with Gasteiger partial charge in [0.2, 0.25) is 0 Å². The maximum atomic E-state index is 12.1. The first-order valence-electron chi connectivity index (χ1n) is 5.54. The van der Waals surface area contributed by atoms with E-state index >= 15 is 0 Å². The van der Waals surface area contributed by atoms with Crippen LogP contribution in [0.15, 0.2) is 46.9 Å². The smallest absolute Gasteiger partial charge is 0.259 e. The summed E-state index contributed by atoms with van der Waals surface area (Å²) >= 11 is 3.34. The molecule has 0 heterocycles. The maximum Gasteiger partial charge on any atom is 0.259 e. The van der Waals surface area contributed by atoms with Crippen molar-refractivity contribution in [1.82, 2.24) is 0 Å². The van der Waals surface area contributed by atoms with Gasteiger partial charge in [-0.1, -0.05) is 12.1 Å². The van der Waals surface area contributed by atoms with E-state index in [4.69, 9.17) is 4.74 Å². The number of rotatable bonds is 3. The number of para-hydroxylation sites is 1. The molecule has 98 valence electrons. The second kappa shape index (κ2) is 5.75. The van der Waals surface area contributed by atoms with Crippen molar-refractivity contribution < 1.29 is 14.6 Å². The highest BCUT2D eigenvalue weighted by molar-refractivity contribution is 9.10. The highest BCUT2D eigenvalue weighted by atomic mass is 79.9. The fourth-order valence-electron chi connectivity index (χ4n) is 1.58. The van der Waals surface area contributed by atoms with Crippen molar-refractivity contribution >= 4 is 27.5 Å². The van der Waals surface area contributed by atoms with Gasteiger partial charge in [0, 0.05) is 4.47 Å². The lowest BCUT2D eigenvalue weighted by molar-refractivity contribution is 0.102. The van der Waals surface area contributed by atoms with Gasteiger partial charge in [0.15, 0.2) is 0 Å². The highest BCUT2D eigenvalue weighted by Crippen LogP contribution is 2.26. The topological polar surface area (TPSA) is 58.6 Å². The zero-order chi connectivity index (χ0) is 13.8. The third-order valence-corrected chi connectivity index (χ3v) is 3.26. The molecule has 0 bridgehead atoms. The molecule has 4 nitrogen and oxygen atoms in total. The minimum absolute atomic E-state index is 0.0923. The van der Waals surface area contributed by atoms with Crippen molar-refractivity contribution in [3.8, 4) is 11.5 Å². The van der Waals surface area contributed by atoms with E-state index in [1.54, 1.807) is 12.1 Å².